The van der Waals surface area contributed by atoms with Crippen LogP contribution in [-0.4, -0.2) is 78.4 Å². The third-order valence-corrected chi connectivity index (χ3v) is 7.03. The fourth-order valence-electron chi connectivity index (χ4n) is 4.09. The minimum atomic E-state index is -0.944. The van der Waals surface area contributed by atoms with Crippen LogP contribution in [0.5, 0.6) is 0 Å². The van der Waals surface area contributed by atoms with Gasteiger partial charge in [0.1, 0.15) is 17.2 Å². The van der Waals surface area contributed by atoms with Crippen molar-refractivity contribution in [2.75, 3.05) is 13.1 Å². The summed E-state index contributed by atoms with van der Waals surface area (Å²) in [5.74, 6) is 0.358. The first-order valence-corrected chi connectivity index (χ1v) is 9.76. The number of aromatic nitrogens is 2. The normalized spacial score (nSPS) is 31.3. The number of hydrogen-bond acceptors (Lipinski definition) is 5. The van der Waals surface area contributed by atoms with Crippen LogP contribution in [0.4, 0.5) is 0 Å². The molecule has 9 heteroatoms. The molecule has 3 fully saturated rings. The SMILES string of the molecule is CC1(C)S[C@@H]2[C@H](N=CN3CCC(c4ncc[nH]4)CC3)C(=O)N2[C@H]1C(=O)O. The smallest absolute Gasteiger partial charge is 0.327 e. The number of piperidine rings is 1. The Morgan fingerprint density at radius 3 is 2.81 bits per heavy atom. The average molecular weight is 377 g/mol. The maximum atomic E-state index is 12.4. The number of carboxylic acids is 1. The summed E-state index contributed by atoms with van der Waals surface area (Å²) in [6, 6.07) is -1.24. The maximum absolute atomic E-state index is 12.4. The number of aliphatic imine (C=N–C) groups is 1. The van der Waals surface area contributed by atoms with E-state index in [-0.39, 0.29) is 11.3 Å². The van der Waals surface area contributed by atoms with Crippen LogP contribution in [0.1, 0.15) is 38.4 Å². The first kappa shape index (κ1) is 17.4. The summed E-state index contributed by atoms with van der Waals surface area (Å²) in [5.41, 5.74) is 0. The summed E-state index contributed by atoms with van der Waals surface area (Å²) < 4.78 is -0.502. The average Bonchev–Trinajstić information content (AvgIpc) is 3.20. The number of carbonyl (C=O) groups is 2. The molecule has 3 saturated heterocycles. The molecule has 3 atom stereocenters. The van der Waals surface area contributed by atoms with Gasteiger partial charge < -0.3 is 19.9 Å². The summed E-state index contributed by atoms with van der Waals surface area (Å²) in [6.45, 7) is 5.51. The van der Waals surface area contributed by atoms with Gasteiger partial charge in [0.05, 0.1) is 6.34 Å². The van der Waals surface area contributed by atoms with Crippen LogP contribution in [0.15, 0.2) is 17.4 Å². The van der Waals surface area contributed by atoms with E-state index < -0.39 is 22.8 Å². The third kappa shape index (κ3) is 2.78. The number of likely N-dealkylation sites (tertiary alicyclic amines) is 1. The zero-order valence-corrected chi connectivity index (χ0v) is 15.6. The van der Waals surface area contributed by atoms with E-state index in [4.69, 9.17) is 0 Å². The highest BCUT2D eigenvalue weighted by molar-refractivity contribution is 8.01. The summed E-state index contributed by atoms with van der Waals surface area (Å²) in [5, 5.41) is 9.28. The molecule has 0 bridgehead atoms. The molecule has 4 heterocycles. The van der Waals surface area contributed by atoms with Crippen molar-refractivity contribution in [3.8, 4) is 0 Å². The number of nitrogens with zero attached hydrogens (tertiary/aromatic N) is 4. The van der Waals surface area contributed by atoms with Gasteiger partial charge in [-0.1, -0.05) is 0 Å². The van der Waals surface area contributed by atoms with Crippen molar-refractivity contribution in [3.05, 3.63) is 18.2 Å². The number of amides is 1. The highest BCUT2D eigenvalue weighted by Gasteiger charge is 2.63. The molecule has 1 aromatic rings. The lowest BCUT2D eigenvalue weighted by atomic mass is 9.96. The van der Waals surface area contributed by atoms with E-state index in [1.165, 1.54) is 16.7 Å². The summed E-state index contributed by atoms with van der Waals surface area (Å²) in [6.07, 6.45) is 7.40. The molecule has 0 spiro atoms. The number of imidazole rings is 1. The number of thioether (sulfide) groups is 1. The van der Waals surface area contributed by atoms with Crippen LogP contribution >= 0.6 is 11.8 Å². The molecule has 8 nitrogen and oxygen atoms in total. The number of fused-ring (bicyclic) bond motifs is 1. The van der Waals surface area contributed by atoms with Gasteiger partial charge in [-0.2, -0.15) is 0 Å². The minimum Gasteiger partial charge on any atom is -0.480 e. The topological polar surface area (TPSA) is 102 Å². The Kier molecular flexibility index (Phi) is 4.21. The summed E-state index contributed by atoms with van der Waals surface area (Å²) >= 11 is 1.53. The first-order valence-electron chi connectivity index (χ1n) is 8.88. The number of H-pyrrole nitrogens is 1. The van der Waals surface area contributed by atoms with Crippen molar-refractivity contribution >= 4 is 30.0 Å². The largest absolute Gasteiger partial charge is 0.480 e. The molecule has 1 aromatic heterocycles. The second kappa shape index (κ2) is 6.29. The van der Waals surface area contributed by atoms with Crippen LogP contribution < -0.4 is 0 Å². The van der Waals surface area contributed by atoms with Crippen LogP contribution in [-0.2, 0) is 9.59 Å². The van der Waals surface area contributed by atoms with Gasteiger partial charge in [0.15, 0.2) is 6.04 Å². The first-order chi connectivity index (χ1) is 12.4. The molecule has 140 valence electrons. The van der Waals surface area contributed by atoms with Gasteiger partial charge in [0.25, 0.3) is 5.91 Å². The second-order valence-corrected chi connectivity index (χ2v) is 9.36. The van der Waals surface area contributed by atoms with Crippen LogP contribution in [0.3, 0.4) is 0 Å². The molecule has 2 N–H and O–H groups in total. The molecule has 1 amide bonds. The van der Waals surface area contributed by atoms with Gasteiger partial charge in [-0.3, -0.25) is 9.79 Å². The molecule has 4 rings (SSSR count). The van der Waals surface area contributed by atoms with Crippen molar-refractivity contribution in [3.63, 3.8) is 0 Å². The molecule has 0 aliphatic carbocycles. The van der Waals surface area contributed by atoms with Crippen molar-refractivity contribution in [2.24, 2.45) is 4.99 Å². The number of β-lactam (4-membered cyclic amide) rings is 1. The number of hydrogen-bond donors (Lipinski definition) is 2. The molecular formula is C17H23N5O3S. The highest BCUT2D eigenvalue weighted by atomic mass is 32.2. The molecule has 3 aliphatic heterocycles. The van der Waals surface area contributed by atoms with E-state index in [2.05, 4.69) is 19.9 Å². The summed E-state index contributed by atoms with van der Waals surface area (Å²) in [4.78, 5) is 39.6. The molecule has 3 aliphatic rings. The third-order valence-electron chi connectivity index (χ3n) is 5.47. The molecule has 0 saturated carbocycles. The van der Waals surface area contributed by atoms with Gasteiger partial charge in [0.2, 0.25) is 0 Å². The lowest BCUT2D eigenvalue weighted by molar-refractivity contribution is -0.158. The Balaban J connectivity index is 1.36. The second-order valence-electron chi connectivity index (χ2n) is 7.59. The van der Waals surface area contributed by atoms with E-state index in [1.54, 1.807) is 12.5 Å². The van der Waals surface area contributed by atoms with Crippen molar-refractivity contribution in [1.82, 2.24) is 19.8 Å². The minimum absolute atomic E-state index is 0.171. The number of rotatable bonds is 4. The predicted molar refractivity (Wildman–Crippen MR) is 98.1 cm³/mol. The number of carbonyl (C=O) groups excluding carboxylic acids is 1. The van der Waals surface area contributed by atoms with Gasteiger partial charge >= 0.3 is 5.97 Å². The van der Waals surface area contributed by atoms with Gasteiger partial charge in [-0.05, 0) is 26.7 Å². The molecular weight excluding hydrogens is 354 g/mol. The van der Waals surface area contributed by atoms with Crippen molar-refractivity contribution in [2.45, 2.75) is 54.8 Å². The lowest BCUT2D eigenvalue weighted by Gasteiger charge is -2.41. The van der Waals surface area contributed by atoms with Crippen LogP contribution in [0.2, 0.25) is 0 Å². The monoisotopic (exact) mass is 377 g/mol. The van der Waals surface area contributed by atoms with E-state index in [0.29, 0.717) is 5.92 Å². The molecule has 0 unspecified atom stereocenters. The van der Waals surface area contributed by atoms with E-state index in [0.717, 1.165) is 31.8 Å². The zero-order chi connectivity index (χ0) is 18.5. The van der Waals surface area contributed by atoms with E-state index >= 15 is 0 Å². The lowest BCUT2D eigenvalue weighted by Crippen LogP contribution is -2.65. The molecule has 0 radical (unpaired) electrons. The fraction of sp³-hybridized carbons (Fsp3) is 0.647. The zero-order valence-electron chi connectivity index (χ0n) is 14.8. The Hall–Kier alpha value is -2.03. The predicted octanol–water partition coefficient (Wildman–Crippen LogP) is 1.13. The Labute approximate surface area is 156 Å². The van der Waals surface area contributed by atoms with E-state index in [1.807, 2.05) is 20.0 Å². The van der Waals surface area contributed by atoms with Crippen LogP contribution in [0, 0.1) is 0 Å². The molecule has 0 aromatic carbocycles. The van der Waals surface area contributed by atoms with Gasteiger partial charge in [0, 0.05) is 36.1 Å². The highest BCUT2D eigenvalue weighted by Crippen LogP contribution is 2.51. The fourth-order valence-corrected chi connectivity index (χ4v) is 5.71. The van der Waals surface area contributed by atoms with Gasteiger partial charge in [-0.25, -0.2) is 9.78 Å². The van der Waals surface area contributed by atoms with E-state index in [9.17, 15) is 14.7 Å². The van der Waals surface area contributed by atoms with Crippen molar-refractivity contribution in [1.29, 1.82) is 0 Å². The van der Waals surface area contributed by atoms with Gasteiger partial charge in [-0.15, -0.1) is 11.8 Å². The summed E-state index contributed by atoms with van der Waals surface area (Å²) in [7, 11) is 0. The number of carboxylic acid groups (broad SMARTS) is 1. The number of nitrogens with one attached hydrogen (secondary N) is 1. The quantitative estimate of drug-likeness (QED) is 0.463. The van der Waals surface area contributed by atoms with Crippen molar-refractivity contribution < 1.29 is 14.7 Å². The Morgan fingerprint density at radius 1 is 1.46 bits per heavy atom. The Morgan fingerprint density at radius 2 is 2.19 bits per heavy atom. The standard InChI is InChI=1S/C17H23N5O3S/c1-17(2)12(16(24)25)22-14(23)11(15(22)26-17)20-9-21-7-3-10(4-8-21)13-18-5-6-19-13/h5-6,9-12,15H,3-4,7-8H2,1-2H3,(H,18,19)(H,24,25)/t11-,12+,15-/m1/s1. The Bertz CT molecular complexity index is 727. The molecule has 26 heavy (non-hydrogen) atoms. The number of aliphatic carboxylic acids is 1. The maximum Gasteiger partial charge on any atom is 0.327 e. The number of aromatic amines is 1. The van der Waals surface area contributed by atoms with Crippen LogP contribution in [0.25, 0.3) is 0 Å².